The number of sulfonamides is 1. The predicted octanol–water partition coefficient (Wildman–Crippen LogP) is 2.27. The van der Waals surface area contributed by atoms with Crippen LogP contribution >= 0.6 is 0 Å². The Morgan fingerprint density at radius 2 is 2.00 bits per heavy atom. The second kappa shape index (κ2) is 5.98. The maximum Gasteiger partial charge on any atom is 0.241 e. The third-order valence-corrected chi connectivity index (χ3v) is 4.29. The van der Waals surface area contributed by atoms with E-state index >= 15 is 0 Å². The van der Waals surface area contributed by atoms with Crippen LogP contribution in [0.3, 0.4) is 0 Å². The second-order valence-corrected chi connectivity index (χ2v) is 6.05. The first-order valence-corrected chi connectivity index (χ1v) is 7.38. The van der Waals surface area contributed by atoms with Crippen LogP contribution in [0, 0.1) is 25.2 Å². The summed E-state index contributed by atoms with van der Waals surface area (Å²) in [5.41, 5.74) is 1.96. The molecule has 0 bridgehead atoms. The highest BCUT2D eigenvalue weighted by atomic mass is 32.2. The number of rotatable bonds is 5. The summed E-state index contributed by atoms with van der Waals surface area (Å²) in [4.78, 5) is 0.210. The highest BCUT2D eigenvalue weighted by molar-refractivity contribution is 7.89. The molecule has 0 aromatic heterocycles. The van der Waals surface area contributed by atoms with E-state index in [1.807, 2.05) is 26.8 Å². The van der Waals surface area contributed by atoms with Gasteiger partial charge in [-0.1, -0.05) is 19.4 Å². The predicted molar refractivity (Wildman–Crippen MR) is 70.5 cm³/mol. The molecule has 0 aliphatic rings. The van der Waals surface area contributed by atoms with Crippen LogP contribution in [0.4, 0.5) is 0 Å². The van der Waals surface area contributed by atoms with Gasteiger partial charge in [0.05, 0.1) is 11.0 Å². The molecule has 98 valence electrons. The molecule has 1 aromatic rings. The minimum absolute atomic E-state index is 0.210. The fourth-order valence-corrected chi connectivity index (χ4v) is 2.84. The quantitative estimate of drug-likeness (QED) is 0.888. The van der Waals surface area contributed by atoms with Gasteiger partial charge in [-0.2, -0.15) is 9.98 Å². The summed E-state index contributed by atoms with van der Waals surface area (Å²) in [5.74, 6) is 0. The molecule has 0 amide bonds. The first kappa shape index (κ1) is 14.7. The van der Waals surface area contributed by atoms with Crippen LogP contribution in [0.2, 0.25) is 0 Å². The molecule has 0 saturated heterocycles. The standard InChI is InChI=1S/C13H18N2O2S/c1-4-5-12(9-14)15-18(16,17)13-7-6-10(2)11(3)8-13/h6-8,12,15H,4-5H2,1-3H3. The summed E-state index contributed by atoms with van der Waals surface area (Å²) in [6, 6.07) is 6.25. The van der Waals surface area contributed by atoms with Crippen molar-refractivity contribution in [2.75, 3.05) is 0 Å². The number of nitriles is 1. The Morgan fingerprint density at radius 3 is 2.50 bits per heavy atom. The average Bonchev–Trinajstić information content (AvgIpc) is 2.31. The molecule has 18 heavy (non-hydrogen) atoms. The van der Waals surface area contributed by atoms with Crippen molar-refractivity contribution < 1.29 is 8.42 Å². The molecular weight excluding hydrogens is 248 g/mol. The van der Waals surface area contributed by atoms with Crippen LogP contribution in [0.1, 0.15) is 30.9 Å². The normalized spacial score (nSPS) is 13.0. The molecule has 5 heteroatoms. The fraction of sp³-hybridized carbons (Fsp3) is 0.462. The molecular formula is C13H18N2O2S. The van der Waals surface area contributed by atoms with Gasteiger partial charge in [0.1, 0.15) is 6.04 Å². The van der Waals surface area contributed by atoms with E-state index in [9.17, 15) is 8.42 Å². The van der Waals surface area contributed by atoms with Crippen molar-refractivity contribution in [1.82, 2.24) is 4.72 Å². The van der Waals surface area contributed by atoms with Gasteiger partial charge in [-0.3, -0.25) is 0 Å². The molecule has 0 aliphatic heterocycles. The van der Waals surface area contributed by atoms with Crippen LogP contribution in [-0.4, -0.2) is 14.5 Å². The van der Waals surface area contributed by atoms with E-state index in [0.29, 0.717) is 6.42 Å². The molecule has 0 aliphatic carbocycles. The number of nitrogens with zero attached hydrogens (tertiary/aromatic N) is 1. The van der Waals surface area contributed by atoms with Gasteiger partial charge in [-0.15, -0.1) is 0 Å². The monoisotopic (exact) mass is 266 g/mol. The molecule has 4 nitrogen and oxygen atoms in total. The highest BCUT2D eigenvalue weighted by Crippen LogP contribution is 2.15. The summed E-state index contributed by atoms with van der Waals surface area (Å²) >= 11 is 0. The average molecular weight is 266 g/mol. The molecule has 0 heterocycles. The molecule has 0 radical (unpaired) electrons. The minimum atomic E-state index is -3.61. The van der Waals surface area contributed by atoms with E-state index in [0.717, 1.165) is 17.5 Å². The van der Waals surface area contributed by atoms with Crippen molar-refractivity contribution in [2.45, 2.75) is 44.6 Å². The number of benzene rings is 1. The Balaban J connectivity index is 2.99. The molecule has 0 spiro atoms. The van der Waals surface area contributed by atoms with E-state index in [-0.39, 0.29) is 4.90 Å². The number of hydrogen-bond donors (Lipinski definition) is 1. The fourth-order valence-electron chi connectivity index (χ4n) is 1.57. The Bertz CT molecular complexity index is 559. The summed E-state index contributed by atoms with van der Waals surface area (Å²) in [6.07, 6.45) is 1.27. The van der Waals surface area contributed by atoms with Gasteiger partial charge in [0.25, 0.3) is 0 Å². The smallest absolute Gasteiger partial charge is 0.207 e. The number of hydrogen-bond acceptors (Lipinski definition) is 3. The van der Waals surface area contributed by atoms with E-state index in [1.54, 1.807) is 18.2 Å². The Morgan fingerprint density at radius 1 is 1.33 bits per heavy atom. The lowest BCUT2D eigenvalue weighted by Gasteiger charge is -2.12. The second-order valence-electron chi connectivity index (χ2n) is 4.34. The van der Waals surface area contributed by atoms with Gasteiger partial charge in [-0.25, -0.2) is 8.42 Å². The van der Waals surface area contributed by atoms with Gasteiger partial charge in [-0.05, 0) is 43.5 Å². The number of nitrogens with one attached hydrogen (secondary N) is 1. The van der Waals surface area contributed by atoms with E-state index in [4.69, 9.17) is 5.26 Å². The molecule has 1 rings (SSSR count). The summed E-state index contributed by atoms with van der Waals surface area (Å²) in [5, 5.41) is 8.89. The van der Waals surface area contributed by atoms with Crippen molar-refractivity contribution in [1.29, 1.82) is 5.26 Å². The van der Waals surface area contributed by atoms with E-state index in [1.165, 1.54) is 0 Å². The van der Waals surface area contributed by atoms with Crippen molar-refractivity contribution in [3.05, 3.63) is 29.3 Å². The first-order valence-electron chi connectivity index (χ1n) is 5.90. The van der Waals surface area contributed by atoms with Crippen LogP contribution in [0.5, 0.6) is 0 Å². The first-order chi connectivity index (χ1) is 8.40. The van der Waals surface area contributed by atoms with Crippen molar-refractivity contribution in [3.8, 4) is 6.07 Å². The zero-order chi connectivity index (χ0) is 13.8. The Kier molecular flexibility index (Phi) is 4.88. The largest absolute Gasteiger partial charge is 0.241 e. The lowest BCUT2D eigenvalue weighted by molar-refractivity contribution is 0.563. The topological polar surface area (TPSA) is 70.0 Å². The Hall–Kier alpha value is -1.38. The van der Waals surface area contributed by atoms with Gasteiger partial charge >= 0.3 is 0 Å². The lowest BCUT2D eigenvalue weighted by atomic mass is 10.1. The van der Waals surface area contributed by atoms with Crippen LogP contribution in [0.15, 0.2) is 23.1 Å². The molecule has 1 unspecified atom stereocenters. The Labute approximate surface area is 109 Å². The molecule has 1 N–H and O–H groups in total. The van der Waals surface area contributed by atoms with Gasteiger partial charge in [0.2, 0.25) is 10.0 Å². The molecule has 1 atom stereocenters. The zero-order valence-electron chi connectivity index (χ0n) is 10.9. The lowest BCUT2D eigenvalue weighted by Crippen LogP contribution is -2.33. The van der Waals surface area contributed by atoms with Crippen molar-refractivity contribution >= 4 is 10.0 Å². The van der Waals surface area contributed by atoms with E-state index in [2.05, 4.69) is 4.72 Å². The summed E-state index contributed by atoms with van der Waals surface area (Å²) in [7, 11) is -3.61. The molecule has 0 fully saturated rings. The van der Waals surface area contributed by atoms with Gasteiger partial charge in [0, 0.05) is 0 Å². The third kappa shape index (κ3) is 3.56. The molecule has 0 saturated carbocycles. The van der Waals surface area contributed by atoms with Gasteiger partial charge < -0.3 is 0 Å². The van der Waals surface area contributed by atoms with Crippen LogP contribution in [0.25, 0.3) is 0 Å². The van der Waals surface area contributed by atoms with Crippen LogP contribution in [-0.2, 0) is 10.0 Å². The zero-order valence-corrected chi connectivity index (χ0v) is 11.7. The number of aryl methyl sites for hydroxylation is 2. The van der Waals surface area contributed by atoms with Gasteiger partial charge in [0.15, 0.2) is 0 Å². The maximum atomic E-state index is 12.1. The highest BCUT2D eigenvalue weighted by Gasteiger charge is 2.19. The van der Waals surface area contributed by atoms with Crippen molar-refractivity contribution in [3.63, 3.8) is 0 Å². The van der Waals surface area contributed by atoms with Crippen molar-refractivity contribution in [2.24, 2.45) is 0 Å². The summed E-state index contributed by atoms with van der Waals surface area (Å²) in [6.45, 7) is 5.70. The summed E-state index contributed by atoms with van der Waals surface area (Å²) < 4.78 is 26.6. The van der Waals surface area contributed by atoms with Crippen LogP contribution < -0.4 is 4.72 Å². The SMILES string of the molecule is CCCC(C#N)NS(=O)(=O)c1ccc(C)c(C)c1. The van der Waals surface area contributed by atoms with E-state index < -0.39 is 16.1 Å². The molecule has 1 aromatic carbocycles. The minimum Gasteiger partial charge on any atom is -0.207 e. The third-order valence-electron chi connectivity index (χ3n) is 2.82. The maximum absolute atomic E-state index is 12.1.